The maximum absolute atomic E-state index is 13.2. The van der Waals surface area contributed by atoms with Crippen LogP contribution in [0.3, 0.4) is 0 Å². The molecule has 0 saturated carbocycles. The molecule has 1 saturated heterocycles. The fourth-order valence-corrected chi connectivity index (χ4v) is 2.36. The first-order valence-corrected chi connectivity index (χ1v) is 7.51. The molecule has 1 heterocycles. The highest BCUT2D eigenvalue weighted by molar-refractivity contribution is 5.94. The zero-order valence-corrected chi connectivity index (χ0v) is 13.2. The summed E-state index contributed by atoms with van der Waals surface area (Å²) in [6.07, 6.45) is 0. The molecule has 0 N–H and O–H groups in total. The number of halogens is 1. The first-order valence-electron chi connectivity index (χ1n) is 7.51. The molecule has 7 heteroatoms. The highest BCUT2D eigenvalue weighted by Gasteiger charge is 2.24. The Bertz CT molecular complexity index is 545. The Morgan fingerprint density at radius 1 is 1.13 bits per heavy atom. The minimum Gasteiger partial charge on any atom is -0.382 e. The van der Waals surface area contributed by atoms with Gasteiger partial charge in [0.15, 0.2) is 0 Å². The number of hydrogen-bond donors (Lipinski definition) is 0. The number of methoxy groups -OCH3 is 1. The van der Waals surface area contributed by atoms with Crippen LogP contribution in [-0.2, 0) is 14.3 Å². The molecule has 126 valence electrons. The second-order valence-electron chi connectivity index (χ2n) is 5.23. The van der Waals surface area contributed by atoms with Crippen molar-refractivity contribution in [1.29, 1.82) is 0 Å². The van der Waals surface area contributed by atoms with Gasteiger partial charge in [-0.3, -0.25) is 9.59 Å². The summed E-state index contributed by atoms with van der Waals surface area (Å²) in [5.41, 5.74) is 0.327. The molecule has 23 heavy (non-hydrogen) atoms. The van der Waals surface area contributed by atoms with Crippen molar-refractivity contribution in [2.45, 2.75) is 0 Å². The van der Waals surface area contributed by atoms with Crippen LogP contribution in [-0.4, -0.2) is 74.7 Å². The van der Waals surface area contributed by atoms with E-state index in [2.05, 4.69) is 0 Å². The van der Waals surface area contributed by atoms with E-state index in [1.807, 2.05) is 0 Å². The molecule has 2 rings (SSSR count). The molecule has 2 amide bonds. The second kappa shape index (κ2) is 8.59. The van der Waals surface area contributed by atoms with Crippen molar-refractivity contribution in [1.82, 2.24) is 9.80 Å². The van der Waals surface area contributed by atoms with Crippen LogP contribution in [0.25, 0.3) is 0 Å². The number of piperazine rings is 1. The smallest absolute Gasteiger partial charge is 0.254 e. The van der Waals surface area contributed by atoms with Gasteiger partial charge in [-0.2, -0.15) is 0 Å². The van der Waals surface area contributed by atoms with Crippen molar-refractivity contribution in [3.05, 3.63) is 35.6 Å². The van der Waals surface area contributed by atoms with Crippen molar-refractivity contribution in [3.63, 3.8) is 0 Å². The van der Waals surface area contributed by atoms with Crippen molar-refractivity contribution < 1.29 is 23.5 Å². The van der Waals surface area contributed by atoms with E-state index in [9.17, 15) is 14.0 Å². The fourth-order valence-electron chi connectivity index (χ4n) is 2.36. The van der Waals surface area contributed by atoms with E-state index in [0.717, 1.165) is 0 Å². The molecule has 0 atom stereocenters. The number of amides is 2. The largest absolute Gasteiger partial charge is 0.382 e. The Morgan fingerprint density at radius 3 is 2.48 bits per heavy atom. The highest BCUT2D eigenvalue weighted by atomic mass is 19.1. The Balaban J connectivity index is 1.79. The SMILES string of the molecule is COCCOCC(=O)N1CCN(C(=O)c2cccc(F)c2)CC1. The predicted molar refractivity (Wildman–Crippen MR) is 81.6 cm³/mol. The zero-order chi connectivity index (χ0) is 16.7. The lowest BCUT2D eigenvalue weighted by molar-refractivity contribution is -0.138. The predicted octanol–water partition coefficient (Wildman–Crippen LogP) is 0.773. The van der Waals surface area contributed by atoms with E-state index < -0.39 is 5.82 Å². The topological polar surface area (TPSA) is 59.1 Å². The van der Waals surface area contributed by atoms with Gasteiger partial charge in [0.2, 0.25) is 5.91 Å². The lowest BCUT2D eigenvalue weighted by atomic mass is 10.1. The van der Waals surface area contributed by atoms with E-state index >= 15 is 0 Å². The van der Waals surface area contributed by atoms with Crippen LogP contribution in [0.15, 0.2) is 24.3 Å². The summed E-state index contributed by atoms with van der Waals surface area (Å²) in [7, 11) is 1.57. The third-order valence-corrected chi connectivity index (χ3v) is 3.65. The van der Waals surface area contributed by atoms with Crippen molar-refractivity contribution in [3.8, 4) is 0 Å². The average Bonchev–Trinajstić information content (AvgIpc) is 2.58. The summed E-state index contributed by atoms with van der Waals surface area (Å²) < 4.78 is 23.2. The van der Waals surface area contributed by atoms with Gasteiger partial charge in [0.05, 0.1) is 13.2 Å². The van der Waals surface area contributed by atoms with Gasteiger partial charge >= 0.3 is 0 Å². The molecule has 1 aliphatic rings. The molecule has 0 bridgehead atoms. The van der Waals surface area contributed by atoms with Crippen LogP contribution in [0.4, 0.5) is 4.39 Å². The monoisotopic (exact) mass is 324 g/mol. The van der Waals surface area contributed by atoms with Gasteiger partial charge in [-0.05, 0) is 18.2 Å². The summed E-state index contributed by atoms with van der Waals surface area (Å²) >= 11 is 0. The molecule has 0 radical (unpaired) electrons. The average molecular weight is 324 g/mol. The quantitative estimate of drug-likeness (QED) is 0.726. The zero-order valence-electron chi connectivity index (χ0n) is 13.2. The van der Waals surface area contributed by atoms with Crippen LogP contribution >= 0.6 is 0 Å². The first-order chi connectivity index (χ1) is 11.1. The molecule has 0 aromatic heterocycles. The number of nitrogens with zero attached hydrogens (tertiary/aromatic N) is 2. The number of hydrogen-bond acceptors (Lipinski definition) is 4. The van der Waals surface area contributed by atoms with Gasteiger partial charge in [0, 0.05) is 38.9 Å². The molecule has 1 aliphatic heterocycles. The molecular weight excluding hydrogens is 303 g/mol. The molecule has 0 spiro atoms. The van der Waals surface area contributed by atoms with E-state index in [1.54, 1.807) is 23.0 Å². The summed E-state index contributed by atoms with van der Waals surface area (Å²) in [5.74, 6) is -0.746. The van der Waals surface area contributed by atoms with E-state index in [-0.39, 0.29) is 18.4 Å². The maximum atomic E-state index is 13.2. The molecular formula is C16H21FN2O4. The van der Waals surface area contributed by atoms with Crippen LogP contribution < -0.4 is 0 Å². The Kier molecular flexibility index (Phi) is 6.49. The Hall–Kier alpha value is -1.99. The van der Waals surface area contributed by atoms with Crippen LogP contribution in [0.1, 0.15) is 10.4 Å². The van der Waals surface area contributed by atoms with Gasteiger partial charge in [0.1, 0.15) is 12.4 Å². The fraction of sp³-hybridized carbons (Fsp3) is 0.500. The lowest BCUT2D eigenvalue weighted by Crippen LogP contribution is -2.51. The highest BCUT2D eigenvalue weighted by Crippen LogP contribution is 2.10. The summed E-state index contributed by atoms with van der Waals surface area (Å²) in [4.78, 5) is 27.5. The van der Waals surface area contributed by atoms with Gasteiger partial charge in [-0.1, -0.05) is 6.07 Å². The first kappa shape index (κ1) is 17.4. The van der Waals surface area contributed by atoms with Crippen molar-refractivity contribution >= 4 is 11.8 Å². The number of carbonyl (C=O) groups excluding carboxylic acids is 2. The van der Waals surface area contributed by atoms with E-state index in [4.69, 9.17) is 9.47 Å². The van der Waals surface area contributed by atoms with Crippen LogP contribution in [0.2, 0.25) is 0 Å². The van der Waals surface area contributed by atoms with Crippen molar-refractivity contribution in [2.75, 3.05) is 53.1 Å². The Morgan fingerprint density at radius 2 is 1.83 bits per heavy atom. The molecule has 0 unspecified atom stereocenters. The molecule has 1 fully saturated rings. The minimum absolute atomic E-state index is 0.0151. The third kappa shape index (κ3) is 5.01. The van der Waals surface area contributed by atoms with Gasteiger partial charge < -0.3 is 19.3 Å². The summed E-state index contributed by atoms with van der Waals surface area (Å²) in [5, 5.41) is 0. The molecule has 0 aliphatic carbocycles. The number of rotatable bonds is 6. The number of carbonyl (C=O) groups is 2. The van der Waals surface area contributed by atoms with E-state index in [0.29, 0.717) is 45.0 Å². The van der Waals surface area contributed by atoms with Crippen LogP contribution in [0, 0.1) is 5.82 Å². The van der Waals surface area contributed by atoms with Crippen molar-refractivity contribution in [2.24, 2.45) is 0 Å². The lowest BCUT2D eigenvalue weighted by Gasteiger charge is -2.34. The standard InChI is InChI=1S/C16H21FN2O4/c1-22-9-10-23-12-15(20)18-5-7-19(8-6-18)16(21)13-3-2-4-14(17)11-13/h2-4,11H,5-10,12H2,1H3. The van der Waals surface area contributed by atoms with Crippen LogP contribution in [0.5, 0.6) is 0 Å². The van der Waals surface area contributed by atoms with Gasteiger partial charge in [0.25, 0.3) is 5.91 Å². The maximum Gasteiger partial charge on any atom is 0.254 e. The summed E-state index contributed by atoms with van der Waals surface area (Å²) in [6.45, 7) is 2.60. The molecule has 1 aromatic carbocycles. The number of benzene rings is 1. The second-order valence-corrected chi connectivity index (χ2v) is 5.23. The van der Waals surface area contributed by atoms with Gasteiger partial charge in [-0.25, -0.2) is 4.39 Å². The minimum atomic E-state index is -0.433. The van der Waals surface area contributed by atoms with Gasteiger partial charge in [-0.15, -0.1) is 0 Å². The summed E-state index contributed by atoms with van der Waals surface area (Å²) in [6, 6.07) is 5.63. The number of ether oxygens (including phenoxy) is 2. The Labute approximate surface area is 134 Å². The molecule has 6 nitrogen and oxygen atoms in total. The normalized spacial score (nSPS) is 14.9. The van der Waals surface area contributed by atoms with E-state index in [1.165, 1.54) is 18.2 Å². The molecule has 1 aromatic rings. The third-order valence-electron chi connectivity index (χ3n) is 3.65.